The fraction of sp³-hybridized carbons (Fsp3) is 0.385. The minimum Gasteiger partial charge on any atom is -0.497 e. The minimum atomic E-state index is 0.585. The quantitative estimate of drug-likeness (QED) is 0.239. The van der Waals surface area contributed by atoms with Crippen LogP contribution in [0.3, 0.4) is 0 Å². The molecule has 2 aromatic rings. The topological polar surface area (TPSA) is 9.23 Å². The van der Waals surface area contributed by atoms with Crippen LogP contribution in [0.1, 0.15) is 52.0 Å². The van der Waals surface area contributed by atoms with Crippen LogP contribution in [0.5, 0.6) is 5.75 Å². The number of rotatable bonds is 9. The molecule has 2 heteroatoms. The molecule has 0 radical (unpaired) electrons. The van der Waals surface area contributed by atoms with Gasteiger partial charge in [0.2, 0.25) is 0 Å². The lowest BCUT2D eigenvalue weighted by molar-refractivity contribution is 0.414. The van der Waals surface area contributed by atoms with Gasteiger partial charge in [0, 0.05) is 4.90 Å². The summed E-state index contributed by atoms with van der Waals surface area (Å²) in [5.41, 5.74) is 2.61. The molecule has 0 saturated carbocycles. The molecule has 0 aliphatic heterocycles. The van der Waals surface area contributed by atoms with E-state index in [1.54, 1.807) is 7.11 Å². The first-order valence-electron chi connectivity index (χ1n) is 10.2. The van der Waals surface area contributed by atoms with Gasteiger partial charge in [-0.1, -0.05) is 93.4 Å². The predicted molar refractivity (Wildman–Crippen MR) is 126 cm³/mol. The SMILES string of the molecule is C=C/C(C)=C(/Sc1ccc(OC)cc1)C(C)CCCCC.Cc1ccccc1. The summed E-state index contributed by atoms with van der Waals surface area (Å²) in [5.74, 6) is 1.49. The second-order valence-electron chi connectivity index (χ2n) is 7.08. The molecule has 1 unspecified atom stereocenters. The van der Waals surface area contributed by atoms with Gasteiger partial charge in [-0.25, -0.2) is 0 Å². The van der Waals surface area contributed by atoms with E-state index >= 15 is 0 Å². The van der Waals surface area contributed by atoms with E-state index in [1.807, 2.05) is 48.2 Å². The number of ether oxygens (including phenoxy) is 1. The Kier molecular flexibility index (Phi) is 12.2. The van der Waals surface area contributed by atoms with Crippen LogP contribution in [-0.2, 0) is 0 Å². The Morgan fingerprint density at radius 2 is 1.71 bits per heavy atom. The van der Waals surface area contributed by atoms with Crippen LogP contribution >= 0.6 is 11.8 Å². The summed E-state index contributed by atoms with van der Waals surface area (Å²) in [6.07, 6.45) is 7.12. The minimum absolute atomic E-state index is 0.585. The third kappa shape index (κ3) is 9.32. The predicted octanol–water partition coefficient (Wildman–Crippen LogP) is 8.46. The number of hydrogen-bond acceptors (Lipinski definition) is 2. The zero-order valence-electron chi connectivity index (χ0n) is 18.2. The van der Waals surface area contributed by atoms with E-state index in [1.165, 1.54) is 46.6 Å². The first-order chi connectivity index (χ1) is 13.5. The number of unbranched alkanes of at least 4 members (excludes halogenated alkanes) is 2. The van der Waals surface area contributed by atoms with Crippen LogP contribution < -0.4 is 4.74 Å². The maximum Gasteiger partial charge on any atom is 0.118 e. The number of aryl methyl sites for hydroxylation is 1. The first-order valence-corrected chi connectivity index (χ1v) is 11.0. The average molecular weight is 397 g/mol. The van der Waals surface area contributed by atoms with E-state index in [0.29, 0.717) is 5.92 Å². The molecule has 1 atom stereocenters. The van der Waals surface area contributed by atoms with E-state index in [9.17, 15) is 0 Å². The van der Waals surface area contributed by atoms with E-state index < -0.39 is 0 Å². The monoisotopic (exact) mass is 396 g/mol. The summed E-state index contributed by atoms with van der Waals surface area (Å²) in [4.78, 5) is 2.70. The fourth-order valence-corrected chi connectivity index (χ4v) is 3.90. The molecule has 2 rings (SSSR count). The molecule has 0 aliphatic carbocycles. The van der Waals surface area contributed by atoms with Crippen LogP contribution in [0.25, 0.3) is 0 Å². The molecule has 0 spiro atoms. The summed E-state index contributed by atoms with van der Waals surface area (Å²) < 4.78 is 5.22. The van der Waals surface area contributed by atoms with Gasteiger partial charge in [0.05, 0.1) is 7.11 Å². The van der Waals surface area contributed by atoms with Crippen molar-refractivity contribution in [2.75, 3.05) is 7.11 Å². The number of thioether (sulfide) groups is 1. The van der Waals surface area contributed by atoms with Crippen LogP contribution in [0.4, 0.5) is 0 Å². The van der Waals surface area contributed by atoms with Crippen LogP contribution in [0.2, 0.25) is 0 Å². The molecule has 0 fully saturated rings. The van der Waals surface area contributed by atoms with Crippen molar-refractivity contribution >= 4 is 11.8 Å². The summed E-state index contributed by atoms with van der Waals surface area (Å²) in [7, 11) is 1.70. The molecule has 28 heavy (non-hydrogen) atoms. The third-order valence-corrected chi connectivity index (χ3v) is 6.06. The molecule has 0 aliphatic rings. The molecule has 2 aromatic carbocycles. The molecule has 0 saturated heterocycles. The molecule has 0 heterocycles. The normalized spacial score (nSPS) is 12.3. The highest BCUT2D eigenvalue weighted by Gasteiger charge is 2.13. The van der Waals surface area contributed by atoms with Crippen molar-refractivity contribution < 1.29 is 4.74 Å². The molecule has 0 aromatic heterocycles. The Hall–Kier alpha value is -1.93. The van der Waals surface area contributed by atoms with Gasteiger partial charge in [0.25, 0.3) is 0 Å². The largest absolute Gasteiger partial charge is 0.497 e. The van der Waals surface area contributed by atoms with Crippen molar-refractivity contribution in [1.29, 1.82) is 0 Å². The van der Waals surface area contributed by atoms with Crippen LogP contribution in [0, 0.1) is 12.8 Å². The molecular weight excluding hydrogens is 360 g/mol. The van der Waals surface area contributed by atoms with Crippen molar-refractivity contribution in [1.82, 2.24) is 0 Å². The van der Waals surface area contributed by atoms with Crippen LogP contribution in [0.15, 0.2) is 82.6 Å². The number of benzene rings is 2. The molecule has 0 amide bonds. The number of allylic oxidation sites excluding steroid dienone is 3. The Labute approximate surface area is 176 Å². The van der Waals surface area contributed by atoms with Gasteiger partial charge in [-0.3, -0.25) is 0 Å². The highest BCUT2D eigenvalue weighted by atomic mass is 32.2. The standard InChI is InChI=1S/C19H28OS.C7H8/c1-6-8-9-10-16(4)19(15(3)7-2)21-18-13-11-17(20-5)12-14-18;1-7-5-3-2-4-6-7/h7,11-14,16H,2,6,8-10H2,1,3-5H3;2-6H,1H3/b19-15+;. The Morgan fingerprint density at radius 3 is 2.18 bits per heavy atom. The fourth-order valence-electron chi connectivity index (χ4n) is 2.81. The average Bonchev–Trinajstić information content (AvgIpc) is 2.73. The second kappa shape index (κ2) is 14.1. The summed E-state index contributed by atoms with van der Waals surface area (Å²) in [6.45, 7) is 12.8. The molecule has 0 bridgehead atoms. The van der Waals surface area contributed by atoms with Gasteiger partial charge < -0.3 is 4.74 Å². The van der Waals surface area contributed by atoms with Gasteiger partial charge in [-0.15, -0.1) is 0 Å². The highest BCUT2D eigenvalue weighted by molar-refractivity contribution is 8.03. The lowest BCUT2D eigenvalue weighted by Gasteiger charge is -2.18. The van der Waals surface area contributed by atoms with E-state index in [4.69, 9.17) is 4.74 Å². The van der Waals surface area contributed by atoms with E-state index in [-0.39, 0.29) is 0 Å². The maximum atomic E-state index is 5.22. The zero-order chi connectivity index (χ0) is 20.8. The number of methoxy groups -OCH3 is 1. The Balaban J connectivity index is 0.000000467. The summed E-state index contributed by atoms with van der Waals surface area (Å²) >= 11 is 1.86. The molecule has 152 valence electrons. The molecular formula is C26H36OS. The highest BCUT2D eigenvalue weighted by Crippen LogP contribution is 2.37. The van der Waals surface area contributed by atoms with Gasteiger partial charge in [0.15, 0.2) is 0 Å². The lowest BCUT2D eigenvalue weighted by atomic mass is 10.0. The first kappa shape index (κ1) is 24.1. The van der Waals surface area contributed by atoms with Crippen molar-refractivity contribution in [2.24, 2.45) is 5.92 Å². The van der Waals surface area contributed by atoms with Gasteiger partial charge in [-0.2, -0.15) is 0 Å². The summed E-state index contributed by atoms with van der Waals surface area (Å²) in [6, 6.07) is 18.5. The van der Waals surface area contributed by atoms with E-state index in [2.05, 4.69) is 58.5 Å². The van der Waals surface area contributed by atoms with Gasteiger partial charge in [0.1, 0.15) is 5.75 Å². The van der Waals surface area contributed by atoms with E-state index in [0.717, 1.165) is 5.75 Å². The Bertz CT molecular complexity index is 701. The summed E-state index contributed by atoms with van der Waals surface area (Å²) in [5, 5.41) is 0. The second-order valence-corrected chi connectivity index (χ2v) is 8.20. The number of hydrogen-bond donors (Lipinski definition) is 0. The lowest BCUT2D eigenvalue weighted by Crippen LogP contribution is -1.99. The van der Waals surface area contributed by atoms with Crippen molar-refractivity contribution in [3.8, 4) is 5.75 Å². The molecule has 1 nitrogen and oxygen atoms in total. The van der Waals surface area contributed by atoms with Crippen molar-refractivity contribution in [3.63, 3.8) is 0 Å². The van der Waals surface area contributed by atoms with Gasteiger partial charge in [-0.05, 0) is 60.9 Å². The Morgan fingerprint density at radius 1 is 1.07 bits per heavy atom. The maximum absolute atomic E-state index is 5.22. The smallest absolute Gasteiger partial charge is 0.118 e. The molecule has 0 N–H and O–H groups in total. The van der Waals surface area contributed by atoms with Crippen molar-refractivity contribution in [2.45, 2.75) is 58.3 Å². The third-order valence-electron chi connectivity index (χ3n) is 4.61. The van der Waals surface area contributed by atoms with Crippen LogP contribution in [-0.4, -0.2) is 7.11 Å². The van der Waals surface area contributed by atoms with Crippen molar-refractivity contribution in [3.05, 3.63) is 83.3 Å². The zero-order valence-corrected chi connectivity index (χ0v) is 19.0. The van der Waals surface area contributed by atoms with Gasteiger partial charge >= 0.3 is 0 Å².